The summed E-state index contributed by atoms with van der Waals surface area (Å²) < 4.78 is 0. The van der Waals surface area contributed by atoms with Crippen LogP contribution in [0.5, 0.6) is 0 Å². The van der Waals surface area contributed by atoms with Crippen molar-refractivity contribution < 1.29 is 10.2 Å². The zero-order valence-electron chi connectivity index (χ0n) is 6.99. The molecule has 1 rings (SSSR count). The third-order valence-electron chi connectivity index (χ3n) is 1.30. The molecule has 0 aromatic rings. The molecule has 9 heteroatoms. The first kappa shape index (κ1) is 9.92. The van der Waals surface area contributed by atoms with Crippen molar-refractivity contribution in [1.29, 1.82) is 0 Å². The Morgan fingerprint density at radius 3 is 2.79 bits per heavy atom. The van der Waals surface area contributed by atoms with Crippen LogP contribution in [-0.2, 0) is 0 Å². The van der Waals surface area contributed by atoms with Crippen molar-refractivity contribution in [3.05, 3.63) is 12.0 Å². The molecule has 0 aromatic heterocycles. The quantitative estimate of drug-likeness (QED) is 0.112. The molecule has 0 bridgehead atoms. The highest BCUT2D eigenvalue weighted by Gasteiger charge is 2.17. The Morgan fingerprint density at radius 2 is 2.29 bits per heavy atom. The normalized spacial score (nSPS) is 22.9. The van der Waals surface area contributed by atoms with Gasteiger partial charge < -0.3 is 27.2 Å². The summed E-state index contributed by atoms with van der Waals surface area (Å²) in [5.74, 6) is 9.30. The summed E-state index contributed by atoms with van der Waals surface area (Å²) in [5, 5.41) is 30.0. The van der Waals surface area contributed by atoms with E-state index in [9.17, 15) is 0 Å². The molecular formula is C5H9N7O2. The Hall–Kier alpha value is -2.16. The molecule has 0 saturated heterocycles. The monoisotopic (exact) mass is 199 g/mol. The lowest BCUT2D eigenvalue weighted by Crippen LogP contribution is -2.35. The van der Waals surface area contributed by atoms with Crippen molar-refractivity contribution in [3.63, 3.8) is 0 Å². The molecule has 0 aliphatic carbocycles. The van der Waals surface area contributed by atoms with E-state index >= 15 is 0 Å². The smallest absolute Gasteiger partial charge is 0.237 e. The Labute approximate surface area is 78.5 Å². The number of hydrogen-bond acceptors (Lipinski definition) is 7. The summed E-state index contributed by atoms with van der Waals surface area (Å²) in [5.41, 5.74) is 0. The number of aliphatic imine (C=N–C) groups is 1. The summed E-state index contributed by atoms with van der Waals surface area (Å²) in [4.78, 5) is 3.63. The third-order valence-corrected chi connectivity index (χ3v) is 1.30. The number of hydrazone groups is 1. The molecule has 1 aliphatic rings. The first-order chi connectivity index (χ1) is 6.67. The summed E-state index contributed by atoms with van der Waals surface area (Å²) >= 11 is 0. The van der Waals surface area contributed by atoms with E-state index in [1.165, 1.54) is 0 Å². The predicted octanol–water partition coefficient (Wildman–Crippen LogP) is -1.70. The lowest BCUT2D eigenvalue weighted by atomic mass is 10.4. The minimum absolute atomic E-state index is 0.0193. The van der Waals surface area contributed by atoms with Gasteiger partial charge in [0.15, 0.2) is 17.9 Å². The maximum Gasteiger partial charge on any atom is 0.237 e. The molecule has 1 heterocycles. The zero-order chi connectivity index (χ0) is 10.6. The van der Waals surface area contributed by atoms with Gasteiger partial charge in [0.1, 0.15) is 0 Å². The van der Waals surface area contributed by atoms with E-state index in [0.29, 0.717) is 0 Å². The highest BCUT2D eigenvalue weighted by atomic mass is 16.3. The summed E-state index contributed by atoms with van der Waals surface area (Å²) in [6.07, 6.45) is -0.104. The molecule has 0 fully saturated rings. The fourth-order valence-electron chi connectivity index (χ4n) is 0.809. The third kappa shape index (κ3) is 2.17. The predicted molar refractivity (Wildman–Crippen MR) is 48.0 cm³/mol. The molecule has 14 heavy (non-hydrogen) atoms. The van der Waals surface area contributed by atoms with Crippen LogP contribution in [0.2, 0.25) is 0 Å². The van der Waals surface area contributed by atoms with E-state index in [2.05, 4.69) is 25.7 Å². The van der Waals surface area contributed by atoms with Gasteiger partial charge in [-0.2, -0.15) is 5.10 Å². The molecule has 1 unspecified atom stereocenters. The van der Waals surface area contributed by atoms with E-state index in [1.54, 1.807) is 0 Å². The topological polar surface area (TPSA) is 154 Å². The summed E-state index contributed by atoms with van der Waals surface area (Å²) in [6.45, 7) is 0. The molecule has 0 saturated carbocycles. The maximum atomic E-state index is 9.10. The maximum absolute atomic E-state index is 9.10. The van der Waals surface area contributed by atoms with Gasteiger partial charge in [-0.1, -0.05) is 5.22 Å². The van der Waals surface area contributed by atoms with Crippen molar-refractivity contribution in [3.8, 4) is 0 Å². The second-order valence-corrected chi connectivity index (χ2v) is 2.24. The van der Waals surface area contributed by atoms with Gasteiger partial charge in [0.05, 0.1) is 0 Å². The van der Waals surface area contributed by atoms with Crippen LogP contribution >= 0.6 is 0 Å². The molecule has 1 aliphatic heterocycles. The van der Waals surface area contributed by atoms with E-state index in [4.69, 9.17) is 21.9 Å². The molecule has 9 nitrogen and oxygen atoms in total. The van der Waals surface area contributed by atoms with Gasteiger partial charge in [-0.25, -0.2) is 4.99 Å². The van der Waals surface area contributed by atoms with Gasteiger partial charge in [-0.05, 0) is 0 Å². The van der Waals surface area contributed by atoms with Gasteiger partial charge >= 0.3 is 0 Å². The minimum Gasteiger partial charge on any atom is -0.495 e. The van der Waals surface area contributed by atoms with Gasteiger partial charge in [-0.3, -0.25) is 0 Å². The van der Waals surface area contributed by atoms with Crippen LogP contribution in [0, 0.1) is 0 Å². The van der Waals surface area contributed by atoms with Crippen LogP contribution in [0.3, 0.4) is 0 Å². The highest BCUT2D eigenvalue weighted by Crippen LogP contribution is 2.01. The van der Waals surface area contributed by atoms with Crippen LogP contribution < -0.4 is 17.0 Å². The number of amidine groups is 2. The number of aliphatic hydroxyl groups is 2. The van der Waals surface area contributed by atoms with Crippen LogP contribution in [0.25, 0.3) is 0 Å². The Kier molecular flexibility index (Phi) is 2.97. The number of aliphatic hydroxyl groups excluding tert-OH is 2. The fourth-order valence-corrected chi connectivity index (χ4v) is 0.809. The minimum atomic E-state index is -1.18. The van der Waals surface area contributed by atoms with Crippen LogP contribution in [0.4, 0.5) is 0 Å². The summed E-state index contributed by atoms with van der Waals surface area (Å²) in [6, 6.07) is 0. The van der Waals surface area contributed by atoms with Crippen LogP contribution in [-0.4, -0.2) is 28.1 Å². The van der Waals surface area contributed by atoms with Gasteiger partial charge in [0, 0.05) is 6.08 Å². The second kappa shape index (κ2) is 4.18. The lowest BCUT2D eigenvalue weighted by molar-refractivity contribution is 0.220. The van der Waals surface area contributed by atoms with Crippen molar-refractivity contribution in [2.24, 2.45) is 32.1 Å². The number of nitrogens with zero attached hydrogens (tertiary/aromatic N) is 4. The van der Waals surface area contributed by atoms with Crippen molar-refractivity contribution in [2.45, 2.75) is 6.23 Å². The molecule has 7 N–H and O–H groups in total. The zero-order valence-corrected chi connectivity index (χ0v) is 6.99. The van der Waals surface area contributed by atoms with Gasteiger partial charge in [-0.15, -0.1) is 5.11 Å². The first-order valence-electron chi connectivity index (χ1n) is 3.50. The van der Waals surface area contributed by atoms with Crippen LogP contribution in [0.15, 0.2) is 32.4 Å². The van der Waals surface area contributed by atoms with Crippen molar-refractivity contribution in [2.75, 3.05) is 0 Å². The number of nitrogens with one attached hydrogen (secondary N) is 1. The standard InChI is InChI=1S/C5H9N7O2/c6-10-5(11-12-7)4-8-2(13)1-3(14)9-4/h1-2,13-14H,6H2,(H,8,9)(H2,7,10,11). The summed E-state index contributed by atoms with van der Waals surface area (Å²) in [7, 11) is 0. The average molecular weight is 199 g/mol. The van der Waals surface area contributed by atoms with E-state index in [-0.39, 0.29) is 17.6 Å². The molecule has 76 valence electrons. The lowest BCUT2D eigenvalue weighted by Gasteiger charge is -2.13. The van der Waals surface area contributed by atoms with E-state index in [1.807, 2.05) is 0 Å². The molecule has 0 aromatic carbocycles. The fraction of sp³-hybridized carbons (Fsp3) is 0.200. The van der Waals surface area contributed by atoms with Crippen molar-refractivity contribution in [1.82, 2.24) is 5.32 Å². The van der Waals surface area contributed by atoms with E-state index < -0.39 is 6.23 Å². The molecular weight excluding hydrogens is 190 g/mol. The molecule has 0 spiro atoms. The SMILES string of the molecule is NN=NC(=NN)C1=NC(O)C=C(O)N1. The molecule has 0 amide bonds. The number of hydrogen-bond donors (Lipinski definition) is 5. The number of rotatable bonds is 1. The first-order valence-corrected chi connectivity index (χ1v) is 3.50. The largest absolute Gasteiger partial charge is 0.495 e. The van der Waals surface area contributed by atoms with Crippen LogP contribution in [0.1, 0.15) is 0 Å². The Bertz CT molecular complexity index is 331. The van der Waals surface area contributed by atoms with Gasteiger partial charge in [0.25, 0.3) is 0 Å². The van der Waals surface area contributed by atoms with Gasteiger partial charge in [0.2, 0.25) is 5.84 Å². The number of nitrogens with two attached hydrogens (primary N) is 2. The van der Waals surface area contributed by atoms with Crippen molar-refractivity contribution >= 4 is 11.7 Å². The second-order valence-electron chi connectivity index (χ2n) is 2.24. The highest BCUT2D eigenvalue weighted by molar-refractivity contribution is 6.41. The molecule has 1 atom stereocenters. The average Bonchev–Trinajstić information content (AvgIpc) is 2.12. The molecule has 0 radical (unpaired) electrons. The Morgan fingerprint density at radius 1 is 1.57 bits per heavy atom. The van der Waals surface area contributed by atoms with E-state index in [0.717, 1.165) is 6.08 Å². The Balaban J connectivity index is 2.89.